The molecule has 0 unspecified atom stereocenters. The largest absolute Gasteiger partial charge is 0.315 e. The normalized spacial score (nSPS) is 11.2. The van der Waals surface area contributed by atoms with Crippen molar-refractivity contribution in [3.05, 3.63) is 81.6 Å². The average molecular weight is 457 g/mol. The van der Waals surface area contributed by atoms with Gasteiger partial charge >= 0.3 is 0 Å². The maximum atomic E-state index is 13.0. The standard InChI is InChI=1S/C23H20N8OS/c1-13(2)21-24-20-18(22(32)30(3)23(33)25-20)31(21)12-14-8-10-15(11-9-14)16-6-4-5-7-17(16)19-26-28-29-27-19/h4-11H,1,12H2,2-3H3,(H,25,33)(H,26,27,28,29). The summed E-state index contributed by atoms with van der Waals surface area (Å²) in [7, 11) is 1.65. The molecule has 0 amide bonds. The van der Waals surface area contributed by atoms with Gasteiger partial charge in [-0.15, -0.1) is 5.10 Å². The first-order valence-corrected chi connectivity index (χ1v) is 10.6. The fourth-order valence-corrected chi connectivity index (χ4v) is 4.04. The number of H-pyrrole nitrogens is 2. The Morgan fingerprint density at radius 2 is 1.85 bits per heavy atom. The number of aromatic nitrogens is 8. The minimum Gasteiger partial charge on any atom is -0.315 e. The van der Waals surface area contributed by atoms with Crippen molar-refractivity contribution in [1.82, 2.24) is 39.7 Å². The Bertz CT molecular complexity index is 1610. The van der Waals surface area contributed by atoms with Gasteiger partial charge in [0.1, 0.15) is 5.82 Å². The summed E-state index contributed by atoms with van der Waals surface area (Å²) in [5, 5.41) is 14.2. The fraction of sp³-hybridized carbons (Fsp3) is 0.130. The summed E-state index contributed by atoms with van der Waals surface area (Å²) in [6.07, 6.45) is 0. The first kappa shape index (κ1) is 20.7. The lowest BCUT2D eigenvalue weighted by molar-refractivity contribution is 0.778. The Labute approximate surface area is 193 Å². The number of imidazole rings is 1. The monoisotopic (exact) mass is 456 g/mol. The van der Waals surface area contributed by atoms with Gasteiger partial charge in [0, 0.05) is 19.2 Å². The van der Waals surface area contributed by atoms with Gasteiger partial charge in [-0.2, -0.15) is 0 Å². The molecule has 0 spiro atoms. The molecule has 164 valence electrons. The van der Waals surface area contributed by atoms with Crippen LogP contribution >= 0.6 is 12.2 Å². The van der Waals surface area contributed by atoms with Gasteiger partial charge < -0.3 is 9.55 Å². The number of benzene rings is 2. The third-order valence-electron chi connectivity index (χ3n) is 5.52. The number of rotatable bonds is 5. The molecule has 3 aromatic heterocycles. The molecule has 3 heterocycles. The van der Waals surface area contributed by atoms with Gasteiger partial charge in [-0.3, -0.25) is 9.36 Å². The highest BCUT2D eigenvalue weighted by molar-refractivity contribution is 7.71. The highest BCUT2D eigenvalue weighted by Gasteiger charge is 2.17. The topological polar surface area (TPSA) is 110 Å². The lowest BCUT2D eigenvalue weighted by Crippen LogP contribution is -2.21. The average Bonchev–Trinajstić information content (AvgIpc) is 3.47. The summed E-state index contributed by atoms with van der Waals surface area (Å²) in [6.45, 7) is 6.37. The van der Waals surface area contributed by atoms with E-state index in [0.717, 1.165) is 27.8 Å². The second kappa shape index (κ2) is 8.06. The molecule has 0 fully saturated rings. The molecule has 0 saturated heterocycles. The van der Waals surface area contributed by atoms with Crippen molar-refractivity contribution in [2.24, 2.45) is 7.05 Å². The van der Waals surface area contributed by atoms with E-state index in [2.05, 4.69) is 37.2 Å². The Kier molecular flexibility index (Phi) is 5.06. The van der Waals surface area contributed by atoms with Crippen molar-refractivity contribution in [3.63, 3.8) is 0 Å². The number of fused-ring (bicyclic) bond motifs is 1. The van der Waals surface area contributed by atoms with Crippen LogP contribution in [0.5, 0.6) is 0 Å². The zero-order chi connectivity index (χ0) is 23.1. The van der Waals surface area contributed by atoms with Crippen molar-refractivity contribution >= 4 is 29.0 Å². The molecule has 0 bridgehead atoms. The van der Waals surface area contributed by atoms with Crippen LogP contribution in [-0.2, 0) is 13.6 Å². The van der Waals surface area contributed by atoms with Crippen molar-refractivity contribution in [2.45, 2.75) is 13.5 Å². The lowest BCUT2D eigenvalue weighted by Gasteiger charge is -2.11. The van der Waals surface area contributed by atoms with E-state index in [4.69, 9.17) is 12.2 Å². The second-order valence-electron chi connectivity index (χ2n) is 7.79. The van der Waals surface area contributed by atoms with E-state index in [0.29, 0.717) is 34.1 Å². The molecule has 2 N–H and O–H groups in total. The zero-order valence-electron chi connectivity index (χ0n) is 18.0. The molecular formula is C23H20N8OS. The van der Waals surface area contributed by atoms with E-state index in [9.17, 15) is 4.79 Å². The van der Waals surface area contributed by atoms with Crippen LogP contribution in [-0.4, -0.2) is 39.7 Å². The molecule has 0 radical (unpaired) electrons. The summed E-state index contributed by atoms with van der Waals surface area (Å²) < 4.78 is 3.63. The van der Waals surface area contributed by atoms with Gasteiger partial charge in [0.15, 0.2) is 21.8 Å². The van der Waals surface area contributed by atoms with Crippen LogP contribution in [0.25, 0.3) is 39.3 Å². The molecule has 0 atom stereocenters. The molecule has 10 heteroatoms. The van der Waals surface area contributed by atoms with E-state index >= 15 is 0 Å². The summed E-state index contributed by atoms with van der Waals surface area (Å²) in [5.74, 6) is 1.25. The number of hydrogen-bond acceptors (Lipinski definition) is 6. The maximum Gasteiger partial charge on any atom is 0.280 e. The molecule has 5 aromatic rings. The van der Waals surface area contributed by atoms with Crippen LogP contribution in [0.4, 0.5) is 0 Å². The highest BCUT2D eigenvalue weighted by atomic mass is 32.1. The van der Waals surface area contributed by atoms with Gasteiger partial charge in [0.25, 0.3) is 5.56 Å². The van der Waals surface area contributed by atoms with Gasteiger partial charge in [-0.05, 0) is 51.8 Å². The Morgan fingerprint density at radius 1 is 1.12 bits per heavy atom. The summed E-state index contributed by atoms with van der Waals surface area (Å²) in [6, 6.07) is 16.1. The predicted octanol–water partition coefficient (Wildman–Crippen LogP) is 3.72. The molecule has 0 aliphatic rings. The smallest absolute Gasteiger partial charge is 0.280 e. The van der Waals surface area contributed by atoms with Crippen LogP contribution in [0.2, 0.25) is 0 Å². The zero-order valence-corrected chi connectivity index (χ0v) is 18.8. The Morgan fingerprint density at radius 3 is 2.52 bits per heavy atom. The lowest BCUT2D eigenvalue weighted by atomic mass is 9.98. The van der Waals surface area contributed by atoms with Crippen LogP contribution in [0, 0.1) is 4.77 Å². The van der Waals surface area contributed by atoms with Crippen LogP contribution in [0.15, 0.2) is 59.9 Å². The first-order chi connectivity index (χ1) is 15.9. The van der Waals surface area contributed by atoms with E-state index in [1.165, 1.54) is 4.57 Å². The van der Waals surface area contributed by atoms with Crippen LogP contribution < -0.4 is 5.56 Å². The third-order valence-corrected chi connectivity index (χ3v) is 5.90. The Balaban J connectivity index is 1.56. The number of aromatic amines is 2. The molecule has 5 rings (SSSR count). The highest BCUT2D eigenvalue weighted by Crippen LogP contribution is 2.30. The number of hydrogen-bond donors (Lipinski definition) is 2. The van der Waals surface area contributed by atoms with Crippen molar-refractivity contribution in [1.29, 1.82) is 0 Å². The Hall–Kier alpha value is -4.18. The first-order valence-electron chi connectivity index (χ1n) is 10.2. The third kappa shape index (κ3) is 3.60. The fourth-order valence-electron chi connectivity index (χ4n) is 3.86. The summed E-state index contributed by atoms with van der Waals surface area (Å²) >= 11 is 5.24. The van der Waals surface area contributed by atoms with Crippen molar-refractivity contribution in [3.8, 4) is 22.5 Å². The van der Waals surface area contributed by atoms with Crippen molar-refractivity contribution < 1.29 is 0 Å². The molecule has 0 saturated carbocycles. The van der Waals surface area contributed by atoms with E-state index in [-0.39, 0.29) is 5.56 Å². The predicted molar refractivity (Wildman–Crippen MR) is 129 cm³/mol. The molecule has 9 nitrogen and oxygen atoms in total. The minimum absolute atomic E-state index is 0.194. The van der Waals surface area contributed by atoms with Crippen molar-refractivity contribution in [2.75, 3.05) is 0 Å². The molecule has 33 heavy (non-hydrogen) atoms. The van der Waals surface area contributed by atoms with Crippen LogP contribution in [0.1, 0.15) is 18.3 Å². The van der Waals surface area contributed by atoms with E-state index < -0.39 is 0 Å². The van der Waals surface area contributed by atoms with Gasteiger partial charge in [-0.1, -0.05) is 55.1 Å². The number of allylic oxidation sites excluding steroid dienone is 1. The summed E-state index contributed by atoms with van der Waals surface area (Å²) in [5.41, 5.74) is 5.48. The number of nitrogens with one attached hydrogen (secondary N) is 2. The van der Waals surface area contributed by atoms with Gasteiger partial charge in [0.2, 0.25) is 0 Å². The molecule has 0 aliphatic carbocycles. The van der Waals surface area contributed by atoms with Gasteiger partial charge in [0.05, 0.1) is 0 Å². The molecule has 2 aromatic carbocycles. The molecular weight excluding hydrogens is 436 g/mol. The second-order valence-corrected chi connectivity index (χ2v) is 8.17. The van der Waals surface area contributed by atoms with Gasteiger partial charge in [-0.25, -0.2) is 10.1 Å². The minimum atomic E-state index is -0.194. The number of nitrogens with zero attached hydrogens (tertiary/aromatic N) is 6. The van der Waals surface area contributed by atoms with E-state index in [1.807, 2.05) is 60.0 Å². The maximum absolute atomic E-state index is 13.0. The molecule has 0 aliphatic heterocycles. The van der Waals surface area contributed by atoms with Crippen LogP contribution in [0.3, 0.4) is 0 Å². The van der Waals surface area contributed by atoms with E-state index in [1.54, 1.807) is 7.05 Å². The number of tetrazole rings is 1. The quantitative estimate of drug-likeness (QED) is 0.390. The summed E-state index contributed by atoms with van der Waals surface area (Å²) in [4.78, 5) is 20.6. The SMILES string of the molecule is C=C(C)c1nc2[nH]c(=S)n(C)c(=O)c2n1Cc1ccc(-c2ccccc2-c2nnn[nH]2)cc1.